The Balaban J connectivity index is 2.76. The van der Waals surface area contributed by atoms with Crippen molar-refractivity contribution in [1.29, 1.82) is 0 Å². The van der Waals surface area contributed by atoms with Gasteiger partial charge in [0.05, 0.1) is 10.1 Å². The van der Waals surface area contributed by atoms with Gasteiger partial charge in [-0.15, -0.1) is 0 Å². The molecule has 2 nitrogen and oxygen atoms in total. The van der Waals surface area contributed by atoms with Crippen molar-refractivity contribution < 1.29 is 8.42 Å². The zero-order valence-corrected chi connectivity index (χ0v) is 11.8. The van der Waals surface area contributed by atoms with E-state index in [1.165, 1.54) is 0 Å². The number of unbranched alkanes of at least 4 members (excludes halogenated alkanes) is 2. The molecular formula is C14H22O2S. The molecule has 0 N–H and O–H groups in total. The topological polar surface area (TPSA) is 34.1 Å². The molecule has 0 aliphatic carbocycles. The molecule has 1 atom stereocenters. The molecular weight excluding hydrogens is 232 g/mol. The maximum atomic E-state index is 12.2. The maximum Gasteiger partial charge on any atom is 0.180 e. The minimum atomic E-state index is -3.14. The molecule has 96 valence electrons. The Morgan fingerprint density at radius 2 is 1.71 bits per heavy atom. The second-order valence-electron chi connectivity index (χ2n) is 4.66. The largest absolute Gasteiger partial charge is 0.223 e. The normalized spacial score (nSPS) is 13.6. The van der Waals surface area contributed by atoms with Gasteiger partial charge in [-0.25, -0.2) is 8.42 Å². The number of rotatable bonds is 6. The van der Waals surface area contributed by atoms with Crippen LogP contribution in [-0.4, -0.2) is 13.7 Å². The molecule has 0 radical (unpaired) electrons. The number of hydrogen-bond donors (Lipinski definition) is 0. The monoisotopic (exact) mass is 254 g/mol. The van der Waals surface area contributed by atoms with Gasteiger partial charge in [0.15, 0.2) is 9.84 Å². The first kappa shape index (κ1) is 14.2. The first-order valence-corrected chi connectivity index (χ1v) is 7.83. The molecule has 0 heterocycles. The van der Waals surface area contributed by atoms with Crippen LogP contribution in [0, 0.1) is 6.92 Å². The lowest BCUT2D eigenvalue weighted by molar-refractivity contribution is 0.567. The van der Waals surface area contributed by atoms with Crippen molar-refractivity contribution >= 4 is 9.84 Å². The van der Waals surface area contributed by atoms with Gasteiger partial charge in [-0.1, -0.05) is 43.9 Å². The van der Waals surface area contributed by atoms with Gasteiger partial charge in [0.2, 0.25) is 0 Å². The zero-order valence-electron chi connectivity index (χ0n) is 10.9. The minimum absolute atomic E-state index is 0.281. The van der Waals surface area contributed by atoms with Crippen molar-refractivity contribution in [3.8, 4) is 0 Å². The zero-order chi connectivity index (χ0) is 12.9. The van der Waals surface area contributed by atoms with Crippen LogP contribution in [0.3, 0.4) is 0 Å². The van der Waals surface area contributed by atoms with Crippen LogP contribution in [0.1, 0.15) is 45.1 Å². The third kappa shape index (κ3) is 3.84. The number of benzene rings is 1. The lowest BCUT2D eigenvalue weighted by Crippen LogP contribution is -2.17. The number of hydrogen-bond acceptors (Lipinski definition) is 2. The third-order valence-corrected chi connectivity index (χ3v) is 5.32. The third-order valence-electron chi connectivity index (χ3n) is 3.09. The number of aryl methyl sites for hydroxylation is 1. The molecule has 1 aromatic rings. The van der Waals surface area contributed by atoms with Crippen LogP contribution in [0.4, 0.5) is 0 Å². The number of sulfone groups is 1. The van der Waals surface area contributed by atoms with Crippen molar-refractivity contribution in [2.24, 2.45) is 0 Å². The van der Waals surface area contributed by atoms with Crippen molar-refractivity contribution in [2.45, 2.75) is 56.6 Å². The van der Waals surface area contributed by atoms with E-state index in [0.29, 0.717) is 4.90 Å². The first-order valence-electron chi connectivity index (χ1n) is 6.29. The Kier molecular flexibility index (Phi) is 5.19. The molecule has 1 rings (SSSR count). The predicted molar refractivity (Wildman–Crippen MR) is 72.0 cm³/mol. The Morgan fingerprint density at radius 3 is 2.24 bits per heavy atom. The summed E-state index contributed by atoms with van der Waals surface area (Å²) in [4.78, 5) is 0.451. The van der Waals surface area contributed by atoms with E-state index in [4.69, 9.17) is 0 Å². The Bertz CT molecular complexity index is 432. The average molecular weight is 254 g/mol. The van der Waals surface area contributed by atoms with Crippen molar-refractivity contribution in [3.63, 3.8) is 0 Å². The van der Waals surface area contributed by atoms with Gasteiger partial charge in [0.25, 0.3) is 0 Å². The van der Waals surface area contributed by atoms with E-state index >= 15 is 0 Å². The predicted octanol–water partition coefficient (Wildman–Crippen LogP) is 3.74. The van der Waals surface area contributed by atoms with Crippen LogP contribution in [0.15, 0.2) is 29.2 Å². The summed E-state index contributed by atoms with van der Waals surface area (Å²) in [5.74, 6) is 0. The standard InChI is InChI=1S/C14H22O2S/c1-4-5-6-7-13(3)17(15,16)14-10-8-12(2)9-11-14/h8-11,13H,4-7H2,1-3H3/t13-/m1/s1. The minimum Gasteiger partial charge on any atom is -0.223 e. The summed E-state index contributed by atoms with van der Waals surface area (Å²) in [6.45, 7) is 5.89. The lowest BCUT2D eigenvalue weighted by Gasteiger charge is -2.12. The van der Waals surface area contributed by atoms with E-state index in [-0.39, 0.29) is 5.25 Å². The molecule has 0 aliphatic rings. The van der Waals surface area contributed by atoms with Crippen molar-refractivity contribution in [2.75, 3.05) is 0 Å². The quantitative estimate of drug-likeness (QED) is 0.725. The highest BCUT2D eigenvalue weighted by molar-refractivity contribution is 7.92. The highest BCUT2D eigenvalue weighted by Crippen LogP contribution is 2.20. The Hall–Kier alpha value is -0.830. The first-order chi connectivity index (χ1) is 7.98. The van der Waals surface area contributed by atoms with Gasteiger partial charge in [-0.2, -0.15) is 0 Å². The molecule has 0 saturated heterocycles. The molecule has 3 heteroatoms. The van der Waals surface area contributed by atoms with E-state index in [1.54, 1.807) is 12.1 Å². The lowest BCUT2D eigenvalue weighted by atomic mass is 10.2. The van der Waals surface area contributed by atoms with E-state index in [0.717, 1.165) is 31.2 Å². The van der Waals surface area contributed by atoms with Crippen LogP contribution in [0.2, 0.25) is 0 Å². The Labute approximate surface area is 105 Å². The fourth-order valence-corrected chi connectivity index (χ4v) is 3.25. The second-order valence-corrected chi connectivity index (χ2v) is 7.03. The maximum absolute atomic E-state index is 12.2. The molecule has 0 amide bonds. The molecule has 0 saturated carbocycles. The molecule has 0 aliphatic heterocycles. The molecule has 0 unspecified atom stereocenters. The summed E-state index contributed by atoms with van der Waals surface area (Å²) in [5, 5.41) is -0.281. The van der Waals surface area contributed by atoms with Crippen LogP contribution in [-0.2, 0) is 9.84 Å². The van der Waals surface area contributed by atoms with Gasteiger partial charge in [-0.3, -0.25) is 0 Å². The summed E-state index contributed by atoms with van der Waals surface area (Å²) in [6, 6.07) is 7.12. The van der Waals surface area contributed by atoms with Crippen LogP contribution < -0.4 is 0 Å². The van der Waals surface area contributed by atoms with E-state index in [2.05, 4.69) is 6.92 Å². The van der Waals surface area contributed by atoms with Crippen LogP contribution in [0.5, 0.6) is 0 Å². The summed E-state index contributed by atoms with van der Waals surface area (Å²) in [6.07, 6.45) is 3.97. The molecule has 17 heavy (non-hydrogen) atoms. The smallest absolute Gasteiger partial charge is 0.180 e. The molecule has 1 aromatic carbocycles. The van der Waals surface area contributed by atoms with Gasteiger partial charge in [0.1, 0.15) is 0 Å². The second kappa shape index (κ2) is 6.20. The fraction of sp³-hybridized carbons (Fsp3) is 0.571. The fourth-order valence-electron chi connectivity index (χ4n) is 1.80. The SMILES string of the molecule is CCCCC[C@@H](C)S(=O)(=O)c1ccc(C)cc1. The summed E-state index contributed by atoms with van der Waals surface area (Å²) in [5.41, 5.74) is 1.09. The van der Waals surface area contributed by atoms with Crippen molar-refractivity contribution in [3.05, 3.63) is 29.8 Å². The van der Waals surface area contributed by atoms with Gasteiger partial charge >= 0.3 is 0 Å². The van der Waals surface area contributed by atoms with E-state index in [1.807, 2.05) is 26.0 Å². The Morgan fingerprint density at radius 1 is 1.12 bits per heavy atom. The van der Waals surface area contributed by atoms with Crippen molar-refractivity contribution in [1.82, 2.24) is 0 Å². The van der Waals surface area contributed by atoms with Gasteiger partial charge in [-0.05, 0) is 32.4 Å². The van der Waals surface area contributed by atoms with Crippen LogP contribution >= 0.6 is 0 Å². The highest BCUT2D eigenvalue weighted by Gasteiger charge is 2.22. The summed E-state index contributed by atoms with van der Waals surface area (Å²) >= 11 is 0. The molecule has 0 bridgehead atoms. The van der Waals surface area contributed by atoms with Crippen LogP contribution in [0.25, 0.3) is 0 Å². The van der Waals surface area contributed by atoms with E-state index < -0.39 is 9.84 Å². The summed E-state index contributed by atoms with van der Waals surface area (Å²) < 4.78 is 24.5. The average Bonchev–Trinajstić information content (AvgIpc) is 2.29. The van der Waals surface area contributed by atoms with Gasteiger partial charge in [0, 0.05) is 0 Å². The molecule has 0 aromatic heterocycles. The van der Waals surface area contributed by atoms with E-state index in [9.17, 15) is 8.42 Å². The molecule has 0 fully saturated rings. The molecule has 0 spiro atoms. The highest BCUT2D eigenvalue weighted by atomic mass is 32.2. The summed E-state index contributed by atoms with van der Waals surface area (Å²) in [7, 11) is -3.14. The van der Waals surface area contributed by atoms with Gasteiger partial charge < -0.3 is 0 Å².